The first-order valence-corrected chi connectivity index (χ1v) is 10.8. The molecule has 5 rings (SSSR count). The van der Waals surface area contributed by atoms with Crippen molar-refractivity contribution >= 4 is 17.0 Å². The number of aliphatic carboxylic acids is 1. The number of nitrogens with zero attached hydrogens (tertiary/aromatic N) is 4. The van der Waals surface area contributed by atoms with Gasteiger partial charge in [-0.3, -0.25) is 9.78 Å². The predicted molar refractivity (Wildman–Crippen MR) is 121 cm³/mol. The van der Waals surface area contributed by atoms with Crippen molar-refractivity contribution in [1.82, 2.24) is 24.9 Å². The quantitative estimate of drug-likeness (QED) is 0.449. The highest BCUT2D eigenvalue weighted by Gasteiger charge is 2.15. The first-order chi connectivity index (χ1) is 16.0. The fraction of sp³-hybridized carbons (Fsp3) is 0.292. The lowest BCUT2D eigenvalue weighted by Crippen LogP contribution is -2.20. The second-order valence-electron chi connectivity index (χ2n) is 7.82. The van der Waals surface area contributed by atoms with Crippen LogP contribution in [0.25, 0.3) is 33.8 Å². The van der Waals surface area contributed by atoms with E-state index in [4.69, 9.17) is 14.6 Å². The number of fused-ring (bicyclic) bond motifs is 1. The van der Waals surface area contributed by atoms with Crippen LogP contribution in [0.3, 0.4) is 0 Å². The molecule has 1 saturated carbocycles. The Morgan fingerprint density at radius 3 is 2.42 bits per heavy atom. The summed E-state index contributed by atoms with van der Waals surface area (Å²) in [5.74, 6) is 0.0660. The number of imidazole rings is 1. The molecular weight excluding hydrogens is 425 g/mol. The van der Waals surface area contributed by atoms with Crippen LogP contribution < -0.4 is 4.74 Å². The van der Waals surface area contributed by atoms with Crippen molar-refractivity contribution in [3.63, 3.8) is 0 Å². The van der Waals surface area contributed by atoms with Gasteiger partial charge in [-0.15, -0.1) is 0 Å². The normalized spacial score (nSPS) is 13.9. The van der Waals surface area contributed by atoms with Gasteiger partial charge in [0.05, 0.1) is 29.1 Å². The lowest BCUT2D eigenvalue weighted by Gasteiger charge is -2.22. The molecule has 0 unspecified atom stereocenters. The molecule has 3 heterocycles. The van der Waals surface area contributed by atoms with Crippen molar-refractivity contribution in [2.24, 2.45) is 0 Å². The van der Waals surface area contributed by atoms with E-state index in [1.807, 2.05) is 12.1 Å². The molecule has 9 heteroatoms. The van der Waals surface area contributed by atoms with Crippen LogP contribution in [0, 0.1) is 5.82 Å². The lowest BCUT2D eigenvalue weighted by molar-refractivity contribution is -0.134. The number of rotatable bonds is 4. The molecule has 2 N–H and O–H groups in total. The van der Waals surface area contributed by atoms with Gasteiger partial charge in [-0.2, -0.15) is 0 Å². The SMILES string of the molecule is CC(=O)O.Fc1ccc2nc(-c3cnc(-c4ccc(OC5CCCCC5)nc4)cn3)[nH]c2c1. The zero-order chi connectivity index (χ0) is 23.2. The summed E-state index contributed by atoms with van der Waals surface area (Å²) >= 11 is 0. The first kappa shape index (κ1) is 22.3. The highest BCUT2D eigenvalue weighted by atomic mass is 19.1. The largest absolute Gasteiger partial charge is 0.481 e. The highest BCUT2D eigenvalue weighted by molar-refractivity contribution is 5.78. The van der Waals surface area contributed by atoms with Crippen LogP contribution in [0.5, 0.6) is 5.88 Å². The number of ether oxygens (including phenoxy) is 1. The predicted octanol–water partition coefficient (Wildman–Crippen LogP) is 5.02. The Labute approximate surface area is 189 Å². The molecule has 3 aromatic heterocycles. The minimum absolute atomic E-state index is 0.276. The van der Waals surface area contributed by atoms with Gasteiger partial charge in [0, 0.05) is 24.8 Å². The number of aromatic amines is 1. The van der Waals surface area contributed by atoms with Crippen LogP contribution in [0.4, 0.5) is 4.39 Å². The van der Waals surface area contributed by atoms with Gasteiger partial charge in [-0.25, -0.2) is 19.3 Å². The Morgan fingerprint density at radius 1 is 1.03 bits per heavy atom. The van der Waals surface area contributed by atoms with Crippen LogP contribution >= 0.6 is 0 Å². The third-order valence-corrected chi connectivity index (χ3v) is 5.21. The van der Waals surface area contributed by atoms with E-state index in [2.05, 4.69) is 24.9 Å². The minimum atomic E-state index is -0.833. The number of halogens is 1. The topological polar surface area (TPSA) is 114 Å². The molecule has 0 saturated heterocycles. The van der Waals surface area contributed by atoms with Gasteiger partial charge >= 0.3 is 0 Å². The Morgan fingerprint density at radius 2 is 1.76 bits per heavy atom. The Kier molecular flexibility index (Phi) is 6.87. The van der Waals surface area contributed by atoms with Crippen LogP contribution in [0.1, 0.15) is 39.0 Å². The van der Waals surface area contributed by atoms with Gasteiger partial charge in [0.1, 0.15) is 17.6 Å². The minimum Gasteiger partial charge on any atom is -0.481 e. The second-order valence-corrected chi connectivity index (χ2v) is 7.82. The van der Waals surface area contributed by atoms with E-state index in [-0.39, 0.29) is 11.9 Å². The highest BCUT2D eigenvalue weighted by Crippen LogP contribution is 2.25. The second kappa shape index (κ2) is 10.2. The van der Waals surface area contributed by atoms with E-state index in [0.29, 0.717) is 34.1 Å². The van der Waals surface area contributed by atoms with Crippen molar-refractivity contribution in [3.05, 3.63) is 54.7 Å². The van der Waals surface area contributed by atoms with E-state index >= 15 is 0 Å². The van der Waals surface area contributed by atoms with Gasteiger partial charge in [-0.1, -0.05) is 6.42 Å². The summed E-state index contributed by atoms with van der Waals surface area (Å²) in [7, 11) is 0. The fourth-order valence-corrected chi connectivity index (χ4v) is 3.66. The molecule has 1 fully saturated rings. The van der Waals surface area contributed by atoms with Crippen LogP contribution in [-0.2, 0) is 4.79 Å². The molecule has 0 bridgehead atoms. The van der Waals surface area contributed by atoms with E-state index in [1.165, 1.54) is 31.4 Å². The fourth-order valence-electron chi connectivity index (χ4n) is 3.66. The van der Waals surface area contributed by atoms with E-state index in [1.54, 1.807) is 24.7 Å². The van der Waals surface area contributed by atoms with Crippen molar-refractivity contribution in [3.8, 4) is 28.7 Å². The third kappa shape index (κ3) is 5.88. The van der Waals surface area contributed by atoms with E-state index < -0.39 is 5.97 Å². The number of carbonyl (C=O) groups is 1. The molecule has 4 aromatic rings. The van der Waals surface area contributed by atoms with Crippen LogP contribution in [0.2, 0.25) is 0 Å². The summed E-state index contributed by atoms with van der Waals surface area (Å²) in [5.41, 5.74) is 3.49. The lowest BCUT2D eigenvalue weighted by atomic mass is 9.98. The Hall–Kier alpha value is -3.88. The molecule has 0 aliphatic heterocycles. The molecule has 0 radical (unpaired) electrons. The summed E-state index contributed by atoms with van der Waals surface area (Å²) in [6, 6.07) is 8.26. The van der Waals surface area contributed by atoms with Crippen molar-refractivity contribution in [2.45, 2.75) is 45.1 Å². The smallest absolute Gasteiger partial charge is 0.300 e. The van der Waals surface area contributed by atoms with Crippen molar-refractivity contribution in [1.29, 1.82) is 0 Å². The van der Waals surface area contributed by atoms with Gasteiger partial charge in [0.2, 0.25) is 5.88 Å². The third-order valence-electron chi connectivity index (χ3n) is 5.21. The molecule has 1 aromatic carbocycles. The number of pyridine rings is 1. The molecule has 0 spiro atoms. The van der Waals surface area contributed by atoms with Gasteiger partial charge < -0.3 is 14.8 Å². The summed E-state index contributed by atoms with van der Waals surface area (Å²) in [6.45, 7) is 1.08. The molecular formula is C24H24FN5O3. The Bertz CT molecular complexity index is 1220. The van der Waals surface area contributed by atoms with Crippen molar-refractivity contribution in [2.75, 3.05) is 0 Å². The standard InChI is InChI=1S/C22H20FN5O.C2H4O2/c23-15-7-8-17-18(10-15)28-22(27-17)20-13-24-19(12-25-20)14-6-9-21(26-11-14)29-16-4-2-1-3-5-16;1-2(3)4/h6-13,16H,1-5H2,(H,27,28);1H3,(H,3,4). The molecule has 0 amide bonds. The van der Waals surface area contributed by atoms with Gasteiger partial charge in [-0.05, 0) is 49.9 Å². The van der Waals surface area contributed by atoms with E-state index in [9.17, 15) is 4.39 Å². The molecule has 8 nitrogen and oxygen atoms in total. The molecule has 33 heavy (non-hydrogen) atoms. The van der Waals surface area contributed by atoms with Crippen molar-refractivity contribution < 1.29 is 19.0 Å². The number of hydrogen-bond donors (Lipinski definition) is 2. The van der Waals surface area contributed by atoms with Gasteiger partial charge in [0.15, 0.2) is 5.82 Å². The number of benzene rings is 1. The summed E-state index contributed by atoms with van der Waals surface area (Å²) in [6.07, 6.45) is 11.3. The number of H-pyrrole nitrogens is 1. The average Bonchev–Trinajstić information content (AvgIpc) is 3.23. The van der Waals surface area contributed by atoms with Crippen LogP contribution in [0.15, 0.2) is 48.9 Å². The number of hydrogen-bond acceptors (Lipinski definition) is 6. The first-order valence-electron chi connectivity index (χ1n) is 10.8. The number of aromatic nitrogens is 5. The number of carboxylic acid groups (broad SMARTS) is 1. The summed E-state index contributed by atoms with van der Waals surface area (Å²) in [4.78, 5) is 29.9. The summed E-state index contributed by atoms with van der Waals surface area (Å²) < 4.78 is 19.3. The summed E-state index contributed by atoms with van der Waals surface area (Å²) in [5, 5.41) is 7.42. The van der Waals surface area contributed by atoms with Gasteiger partial charge in [0.25, 0.3) is 5.97 Å². The monoisotopic (exact) mass is 449 g/mol. The zero-order valence-corrected chi connectivity index (χ0v) is 18.2. The molecule has 1 aliphatic carbocycles. The van der Waals surface area contributed by atoms with Crippen LogP contribution in [-0.4, -0.2) is 42.1 Å². The molecule has 1 aliphatic rings. The average molecular weight is 449 g/mol. The molecule has 170 valence electrons. The maximum Gasteiger partial charge on any atom is 0.300 e. The van der Waals surface area contributed by atoms with E-state index in [0.717, 1.165) is 25.3 Å². The Balaban J connectivity index is 0.000000601. The maximum atomic E-state index is 13.4. The molecule has 0 atom stereocenters. The zero-order valence-electron chi connectivity index (χ0n) is 18.2. The number of carboxylic acids is 1. The number of nitrogens with one attached hydrogen (secondary N) is 1. The maximum absolute atomic E-state index is 13.4.